The summed E-state index contributed by atoms with van der Waals surface area (Å²) in [5.41, 5.74) is 1.62. The molecule has 2 N–H and O–H groups in total. The van der Waals surface area contributed by atoms with Crippen molar-refractivity contribution in [2.75, 3.05) is 31.6 Å². The molecule has 1 aromatic carbocycles. The van der Waals surface area contributed by atoms with Gasteiger partial charge in [-0.1, -0.05) is 16.4 Å². The third-order valence-corrected chi connectivity index (χ3v) is 4.02. The predicted octanol–water partition coefficient (Wildman–Crippen LogP) is 0.530. The number of rotatable bonds is 3. The lowest BCUT2D eigenvalue weighted by Crippen LogP contribution is -2.55. The van der Waals surface area contributed by atoms with Crippen LogP contribution in [0.4, 0.5) is 5.69 Å². The third kappa shape index (κ3) is 2.72. The second-order valence-electron chi connectivity index (χ2n) is 5.25. The van der Waals surface area contributed by atoms with Gasteiger partial charge in [-0.15, -0.1) is 0 Å². The molecule has 1 fully saturated rings. The van der Waals surface area contributed by atoms with E-state index in [1.54, 1.807) is 4.68 Å². The Hall–Kier alpha value is -2.26. The van der Waals surface area contributed by atoms with Crippen molar-refractivity contribution in [2.45, 2.75) is 6.04 Å². The Labute approximate surface area is 131 Å². The quantitative estimate of drug-likeness (QED) is 0.797. The Balaban J connectivity index is 1.96. The molecule has 0 radical (unpaired) electrons. The van der Waals surface area contributed by atoms with E-state index in [2.05, 4.69) is 15.5 Å². The number of benzene rings is 1. The first kappa shape index (κ1) is 14.7. The molecule has 3 rings (SSSR count). The largest absolute Gasteiger partial charge is 0.480 e. The third-order valence-electron chi connectivity index (χ3n) is 3.76. The molecule has 2 heterocycles. The molecule has 116 valence electrons. The number of aromatic nitrogens is 4. The van der Waals surface area contributed by atoms with Gasteiger partial charge in [-0.05, 0) is 37.5 Å². The van der Waals surface area contributed by atoms with E-state index >= 15 is 0 Å². The highest BCUT2D eigenvalue weighted by Gasteiger charge is 2.31. The van der Waals surface area contributed by atoms with Gasteiger partial charge in [0.25, 0.3) is 0 Å². The molecule has 1 aliphatic rings. The number of hydrogen-bond donors (Lipinski definition) is 2. The second kappa shape index (κ2) is 5.85. The van der Waals surface area contributed by atoms with Gasteiger partial charge in [-0.25, -0.2) is 9.48 Å². The van der Waals surface area contributed by atoms with Crippen LogP contribution in [-0.4, -0.2) is 68.9 Å². The molecule has 22 heavy (non-hydrogen) atoms. The van der Waals surface area contributed by atoms with Crippen molar-refractivity contribution in [3.63, 3.8) is 0 Å². The molecule has 1 unspecified atom stereocenters. The van der Waals surface area contributed by atoms with Gasteiger partial charge in [0, 0.05) is 25.3 Å². The zero-order valence-corrected chi connectivity index (χ0v) is 12.8. The Bertz CT molecular complexity index is 742. The average Bonchev–Trinajstić information content (AvgIpc) is 2.93. The second-order valence-corrected chi connectivity index (χ2v) is 5.61. The Kier molecular flexibility index (Phi) is 3.90. The fraction of sp³-hybridized carbons (Fsp3) is 0.385. The normalized spacial score (nSPS) is 19.3. The van der Waals surface area contributed by atoms with E-state index in [1.807, 2.05) is 41.1 Å². The summed E-state index contributed by atoms with van der Waals surface area (Å²) in [4.78, 5) is 15.5. The molecule has 9 heteroatoms. The smallest absolute Gasteiger partial charge is 0.327 e. The van der Waals surface area contributed by atoms with Crippen LogP contribution in [0.2, 0.25) is 0 Å². The minimum atomic E-state index is -0.822. The standard InChI is InChI=1S/C13H16N6O2S/c1-17-5-6-18(11(8-17)12(20)21)9-3-2-4-10(7-9)19-13(22)14-15-16-19/h2-4,7,11H,5-6,8H2,1H3,(H,20,21)(H,14,16,22). The van der Waals surface area contributed by atoms with Crippen LogP contribution in [0.25, 0.3) is 5.69 Å². The van der Waals surface area contributed by atoms with E-state index in [-0.39, 0.29) is 0 Å². The monoisotopic (exact) mass is 320 g/mol. The highest BCUT2D eigenvalue weighted by molar-refractivity contribution is 7.71. The minimum absolute atomic E-state index is 0.324. The summed E-state index contributed by atoms with van der Waals surface area (Å²) in [5.74, 6) is -0.822. The SMILES string of the molecule is CN1CCN(c2cccc(-n3[nH]nnc3=S)c2)C(C(=O)O)C1. The summed E-state index contributed by atoms with van der Waals surface area (Å²) in [5, 5.41) is 19.6. The highest BCUT2D eigenvalue weighted by Crippen LogP contribution is 2.23. The van der Waals surface area contributed by atoms with Gasteiger partial charge in [0.2, 0.25) is 4.77 Å². The van der Waals surface area contributed by atoms with Crippen LogP contribution in [0, 0.1) is 4.77 Å². The van der Waals surface area contributed by atoms with E-state index in [9.17, 15) is 9.90 Å². The highest BCUT2D eigenvalue weighted by atomic mass is 32.1. The maximum atomic E-state index is 11.5. The van der Waals surface area contributed by atoms with Crippen molar-refractivity contribution in [1.82, 2.24) is 25.1 Å². The number of nitrogens with one attached hydrogen (secondary N) is 1. The van der Waals surface area contributed by atoms with Crippen molar-refractivity contribution in [2.24, 2.45) is 0 Å². The molecule has 0 saturated carbocycles. The number of piperazine rings is 1. The molecule has 0 aliphatic carbocycles. The zero-order valence-electron chi connectivity index (χ0n) is 12.0. The lowest BCUT2D eigenvalue weighted by atomic mass is 10.1. The number of carboxylic acid groups (broad SMARTS) is 1. The van der Waals surface area contributed by atoms with Crippen LogP contribution < -0.4 is 4.90 Å². The Morgan fingerprint density at radius 3 is 2.86 bits per heavy atom. The first-order valence-corrected chi connectivity index (χ1v) is 7.25. The fourth-order valence-electron chi connectivity index (χ4n) is 2.62. The molecule has 1 aliphatic heterocycles. The van der Waals surface area contributed by atoms with Gasteiger partial charge in [-0.2, -0.15) is 5.21 Å². The summed E-state index contributed by atoms with van der Waals surface area (Å²) >= 11 is 5.09. The Morgan fingerprint density at radius 2 is 2.18 bits per heavy atom. The fourth-order valence-corrected chi connectivity index (χ4v) is 2.80. The number of nitrogens with zero attached hydrogens (tertiary/aromatic N) is 5. The maximum Gasteiger partial charge on any atom is 0.327 e. The number of aliphatic carboxylic acids is 1. The summed E-state index contributed by atoms with van der Waals surface area (Å²) < 4.78 is 1.90. The van der Waals surface area contributed by atoms with Gasteiger partial charge >= 0.3 is 5.97 Å². The van der Waals surface area contributed by atoms with Crippen molar-refractivity contribution in [3.8, 4) is 5.69 Å². The average molecular weight is 320 g/mol. The lowest BCUT2D eigenvalue weighted by molar-refractivity contribution is -0.139. The molecule has 0 bridgehead atoms. The summed E-state index contributed by atoms with van der Waals surface area (Å²) in [6.07, 6.45) is 0. The van der Waals surface area contributed by atoms with Crippen molar-refractivity contribution in [3.05, 3.63) is 29.0 Å². The van der Waals surface area contributed by atoms with Crippen LogP contribution >= 0.6 is 12.2 Å². The lowest BCUT2D eigenvalue weighted by Gasteiger charge is -2.39. The Morgan fingerprint density at radius 1 is 1.41 bits per heavy atom. The number of H-pyrrole nitrogens is 1. The van der Waals surface area contributed by atoms with Crippen LogP contribution in [0.1, 0.15) is 0 Å². The predicted molar refractivity (Wildman–Crippen MR) is 82.8 cm³/mol. The topological polar surface area (TPSA) is 90.3 Å². The molecule has 0 amide bonds. The van der Waals surface area contributed by atoms with Crippen LogP contribution in [0.15, 0.2) is 24.3 Å². The number of anilines is 1. The first-order chi connectivity index (χ1) is 10.6. The molecule has 0 spiro atoms. The minimum Gasteiger partial charge on any atom is -0.480 e. The van der Waals surface area contributed by atoms with Crippen LogP contribution in [0.5, 0.6) is 0 Å². The van der Waals surface area contributed by atoms with E-state index in [1.165, 1.54) is 0 Å². The van der Waals surface area contributed by atoms with Gasteiger partial charge < -0.3 is 14.9 Å². The van der Waals surface area contributed by atoms with E-state index in [0.29, 0.717) is 17.9 Å². The van der Waals surface area contributed by atoms with E-state index in [0.717, 1.165) is 17.9 Å². The maximum absolute atomic E-state index is 11.5. The molecule has 8 nitrogen and oxygen atoms in total. The zero-order chi connectivity index (χ0) is 15.7. The van der Waals surface area contributed by atoms with E-state index < -0.39 is 12.0 Å². The molecule has 1 saturated heterocycles. The number of carboxylic acids is 1. The summed E-state index contributed by atoms with van der Waals surface area (Å²) in [6, 6.07) is 6.95. The number of aromatic amines is 1. The van der Waals surface area contributed by atoms with Gasteiger partial charge in [0.15, 0.2) is 0 Å². The van der Waals surface area contributed by atoms with Gasteiger partial charge in [0.1, 0.15) is 6.04 Å². The molecule has 1 atom stereocenters. The van der Waals surface area contributed by atoms with E-state index in [4.69, 9.17) is 12.2 Å². The number of tetrazole rings is 1. The van der Waals surface area contributed by atoms with Gasteiger partial charge in [-0.3, -0.25) is 0 Å². The molecule has 2 aromatic rings. The number of hydrogen-bond acceptors (Lipinski definition) is 6. The van der Waals surface area contributed by atoms with Crippen molar-refractivity contribution < 1.29 is 9.90 Å². The molecule has 1 aromatic heterocycles. The van der Waals surface area contributed by atoms with Crippen LogP contribution in [-0.2, 0) is 4.79 Å². The summed E-state index contributed by atoms with van der Waals surface area (Å²) in [6.45, 7) is 1.97. The first-order valence-electron chi connectivity index (χ1n) is 6.85. The summed E-state index contributed by atoms with van der Waals surface area (Å²) in [7, 11) is 1.93. The van der Waals surface area contributed by atoms with Crippen LogP contribution in [0.3, 0.4) is 0 Å². The molecular weight excluding hydrogens is 304 g/mol. The van der Waals surface area contributed by atoms with Gasteiger partial charge in [0.05, 0.1) is 5.69 Å². The van der Waals surface area contributed by atoms with Crippen molar-refractivity contribution in [1.29, 1.82) is 0 Å². The number of likely N-dealkylation sites (N-methyl/N-ethyl adjacent to an activating group) is 1. The number of carbonyl (C=O) groups is 1. The molecular formula is C13H16N6O2S. The van der Waals surface area contributed by atoms with Crippen molar-refractivity contribution >= 4 is 23.9 Å².